The van der Waals surface area contributed by atoms with Crippen LogP contribution in [0.25, 0.3) is 0 Å². The molecule has 0 aliphatic heterocycles. The molecule has 0 fully saturated rings. The quantitative estimate of drug-likeness (QED) is 0.410. The number of rotatable bonds is 8. The molecule has 0 aromatic heterocycles. The van der Waals surface area contributed by atoms with Gasteiger partial charge >= 0.3 is 0 Å². The van der Waals surface area contributed by atoms with E-state index in [2.05, 4.69) is 5.32 Å². The van der Waals surface area contributed by atoms with Gasteiger partial charge in [0, 0.05) is 18.7 Å². The fraction of sp³-hybridized carbons (Fsp3) is 0.455. The number of ether oxygens (including phenoxy) is 2. The Morgan fingerprint density at radius 1 is 1.44 bits per heavy atom. The molecule has 0 atom stereocenters. The summed E-state index contributed by atoms with van der Waals surface area (Å²) in [5, 5.41) is 22.2. The minimum Gasteiger partial charge on any atom is -0.497 e. The van der Waals surface area contributed by atoms with Crippen LogP contribution in [0, 0.1) is 10.1 Å². The van der Waals surface area contributed by atoms with Gasteiger partial charge in [-0.05, 0) is 6.07 Å². The van der Waals surface area contributed by atoms with Crippen molar-refractivity contribution in [1.82, 2.24) is 0 Å². The molecule has 1 aromatic rings. The van der Waals surface area contributed by atoms with Crippen LogP contribution < -0.4 is 10.1 Å². The summed E-state index contributed by atoms with van der Waals surface area (Å²) in [7, 11) is 1.50. The lowest BCUT2D eigenvalue weighted by Gasteiger charge is -2.09. The second-order valence-corrected chi connectivity index (χ2v) is 3.40. The van der Waals surface area contributed by atoms with E-state index in [-0.39, 0.29) is 18.9 Å². The molecule has 2 N–H and O–H groups in total. The van der Waals surface area contributed by atoms with E-state index in [0.717, 1.165) is 0 Å². The van der Waals surface area contributed by atoms with E-state index >= 15 is 0 Å². The van der Waals surface area contributed by atoms with E-state index in [0.29, 0.717) is 24.6 Å². The van der Waals surface area contributed by atoms with Crippen LogP contribution in [0.5, 0.6) is 5.75 Å². The molecule has 0 bridgehead atoms. The maximum absolute atomic E-state index is 10.8. The minimum atomic E-state index is -0.462. The SMILES string of the molecule is COc1ccc([N+](=O)[O-])c(NCCOCCO)c1. The lowest BCUT2D eigenvalue weighted by Crippen LogP contribution is -2.12. The van der Waals surface area contributed by atoms with Gasteiger partial charge < -0.3 is 19.9 Å². The van der Waals surface area contributed by atoms with E-state index in [1.54, 1.807) is 6.07 Å². The van der Waals surface area contributed by atoms with Gasteiger partial charge in [0.1, 0.15) is 11.4 Å². The first kappa shape index (κ1) is 14.2. The largest absolute Gasteiger partial charge is 0.497 e. The van der Waals surface area contributed by atoms with E-state index in [1.165, 1.54) is 19.2 Å². The molecule has 0 amide bonds. The maximum Gasteiger partial charge on any atom is 0.292 e. The van der Waals surface area contributed by atoms with Gasteiger partial charge in [0.05, 0.1) is 31.9 Å². The summed E-state index contributed by atoms with van der Waals surface area (Å²) in [5.74, 6) is 0.541. The molecule has 7 heteroatoms. The normalized spacial score (nSPS) is 10.1. The summed E-state index contributed by atoms with van der Waals surface area (Å²) in [5.41, 5.74) is 0.366. The Bertz CT molecular complexity index is 397. The third-order valence-electron chi connectivity index (χ3n) is 2.20. The molecule has 1 rings (SSSR count). The zero-order valence-electron chi connectivity index (χ0n) is 10.1. The maximum atomic E-state index is 10.8. The van der Waals surface area contributed by atoms with Crippen molar-refractivity contribution < 1.29 is 19.5 Å². The van der Waals surface area contributed by atoms with Gasteiger partial charge in [-0.2, -0.15) is 0 Å². The highest BCUT2D eigenvalue weighted by atomic mass is 16.6. The van der Waals surface area contributed by atoms with Crippen LogP contribution >= 0.6 is 0 Å². The fourth-order valence-corrected chi connectivity index (χ4v) is 1.37. The molecule has 0 heterocycles. The van der Waals surface area contributed by atoms with Crippen molar-refractivity contribution in [3.63, 3.8) is 0 Å². The molecule has 0 radical (unpaired) electrons. The summed E-state index contributed by atoms with van der Waals surface area (Å²) < 4.78 is 10.1. The van der Waals surface area contributed by atoms with Crippen LogP contribution in [0.15, 0.2) is 18.2 Å². The van der Waals surface area contributed by atoms with E-state index in [1.807, 2.05) is 0 Å². The Hall–Kier alpha value is -1.86. The van der Waals surface area contributed by atoms with E-state index in [4.69, 9.17) is 14.6 Å². The number of anilines is 1. The van der Waals surface area contributed by atoms with E-state index in [9.17, 15) is 10.1 Å². The van der Waals surface area contributed by atoms with Gasteiger partial charge in [-0.25, -0.2) is 0 Å². The average molecular weight is 256 g/mol. The van der Waals surface area contributed by atoms with Crippen molar-refractivity contribution in [1.29, 1.82) is 0 Å². The first-order chi connectivity index (χ1) is 8.69. The molecule has 18 heavy (non-hydrogen) atoms. The van der Waals surface area contributed by atoms with Crippen LogP contribution in [0.4, 0.5) is 11.4 Å². The molecule has 7 nitrogen and oxygen atoms in total. The number of hydrogen-bond donors (Lipinski definition) is 2. The lowest BCUT2D eigenvalue weighted by atomic mass is 10.2. The van der Waals surface area contributed by atoms with Crippen molar-refractivity contribution in [2.24, 2.45) is 0 Å². The summed E-state index contributed by atoms with van der Waals surface area (Å²) in [6.45, 7) is 0.976. The number of aliphatic hydroxyl groups excluding tert-OH is 1. The van der Waals surface area contributed by atoms with Gasteiger partial charge in [0.2, 0.25) is 0 Å². The van der Waals surface area contributed by atoms with Crippen molar-refractivity contribution >= 4 is 11.4 Å². The molecule has 0 saturated heterocycles. The molecule has 0 spiro atoms. The standard InChI is InChI=1S/C11H16N2O5/c1-17-9-2-3-11(13(15)16)10(8-9)12-4-6-18-7-5-14/h2-3,8,12,14H,4-7H2,1H3. The molecule has 100 valence electrons. The highest BCUT2D eigenvalue weighted by Crippen LogP contribution is 2.28. The number of nitro groups is 1. The molecular weight excluding hydrogens is 240 g/mol. The second-order valence-electron chi connectivity index (χ2n) is 3.40. The first-order valence-electron chi connectivity index (χ1n) is 5.44. The first-order valence-corrected chi connectivity index (χ1v) is 5.44. The third-order valence-corrected chi connectivity index (χ3v) is 2.20. The summed E-state index contributed by atoms with van der Waals surface area (Å²) >= 11 is 0. The number of hydrogen-bond acceptors (Lipinski definition) is 6. The van der Waals surface area contributed by atoms with Crippen LogP contribution in [0.2, 0.25) is 0 Å². The Morgan fingerprint density at radius 2 is 2.22 bits per heavy atom. The number of aliphatic hydroxyl groups is 1. The molecule has 0 saturated carbocycles. The Morgan fingerprint density at radius 3 is 2.83 bits per heavy atom. The zero-order valence-corrected chi connectivity index (χ0v) is 10.1. The molecule has 0 unspecified atom stereocenters. The highest BCUT2D eigenvalue weighted by molar-refractivity contribution is 5.64. The van der Waals surface area contributed by atoms with Crippen molar-refractivity contribution in [2.75, 3.05) is 38.8 Å². The predicted octanol–water partition coefficient (Wildman–Crippen LogP) is 1.02. The Kier molecular flexibility index (Phi) is 5.89. The van der Waals surface area contributed by atoms with Crippen molar-refractivity contribution in [2.45, 2.75) is 0 Å². The smallest absolute Gasteiger partial charge is 0.292 e. The lowest BCUT2D eigenvalue weighted by molar-refractivity contribution is -0.384. The molecule has 1 aromatic carbocycles. The van der Waals surface area contributed by atoms with Gasteiger partial charge in [-0.15, -0.1) is 0 Å². The number of benzene rings is 1. The third kappa shape index (κ3) is 4.19. The zero-order chi connectivity index (χ0) is 13.4. The molecule has 0 aliphatic rings. The highest BCUT2D eigenvalue weighted by Gasteiger charge is 2.13. The second kappa shape index (κ2) is 7.46. The van der Waals surface area contributed by atoms with Crippen LogP contribution in [0.3, 0.4) is 0 Å². The van der Waals surface area contributed by atoms with E-state index < -0.39 is 4.92 Å². The topological polar surface area (TPSA) is 93.9 Å². The van der Waals surface area contributed by atoms with Gasteiger partial charge in [-0.1, -0.05) is 0 Å². The summed E-state index contributed by atoms with van der Waals surface area (Å²) in [6, 6.07) is 4.48. The minimum absolute atomic E-state index is 0.0158. The summed E-state index contributed by atoms with van der Waals surface area (Å²) in [6.07, 6.45) is 0. The number of nitro benzene ring substituents is 1. The van der Waals surface area contributed by atoms with Crippen molar-refractivity contribution in [3.8, 4) is 5.75 Å². The van der Waals surface area contributed by atoms with Gasteiger partial charge in [0.25, 0.3) is 5.69 Å². The van der Waals surface area contributed by atoms with Crippen LogP contribution in [-0.2, 0) is 4.74 Å². The summed E-state index contributed by atoms with van der Waals surface area (Å²) in [4.78, 5) is 10.4. The van der Waals surface area contributed by atoms with Gasteiger partial charge in [0.15, 0.2) is 0 Å². The predicted molar refractivity (Wildman–Crippen MR) is 66.0 cm³/mol. The fourth-order valence-electron chi connectivity index (χ4n) is 1.37. The molecular formula is C11H16N2O5. The van der Waals surface area contributed by atoms with Crippen molar-refractivity contribution in [3.05, 3.63) is 28.3 Å². The molecule has 0 aliphatic carbocycles. The van der Waals surface area contributed by atoms with Gasteiger partial charge in [-0.3, -0.25) is 10.1 Å². The Labute approximate surface area is 104 Å². The number of methoxy groups -OCH3 is 1. The Balaban J connectivity index is 2.63. The average Bonchev–Trinajstić information content (AvgIpc) is 2.38. The monoisotopic (exact) mass is 256 g/mol. The number of nitrogens with zero attached hydrogens (tertiary/aromatic N) is 1. The van der Waals surface area contributed by atoms with Crippen LogP contribution in [-0.4, -0.2) is 43.5 Å². The number of nitrogens with one attached hydrogen (secondary N) is 1. The van der Waals surface area contributed by atoms with Crippen LogP contribution in [0.1, 0.15) is 0 Å².